The Hall–Kier alpha value is -0.440. The fourth-order valence-electron chi connectivity index (χ4n) is 2.78. The molecule has 1 unspecified atom stereocenters. The second-order valence-corrected chi connectivity index (χ2v) is 5.47. The second kappa shape index (κ2) is 7.88. The summed E-state index contributed by atoms with van der Waals surface area (Å²) in [5.74, 6) is -1.98. The van der Waals surface area contributed by atoms with Crippen molar-refractivity contribution in [1.82, 2.24) is 5.32 Å². The quantitative estimate of drug-likeness (QED) is 0.498. The summed E-state index contributed by atoms with van der Waals surface area (Å²) in [5, 5.41) is 3.55. The summed E-state index contributed by atoms with van der Waals surface area (Å²) in [4.78, 5) is 0. The number of halogens is 2. The SMILES string of the molecule is C=CCCCC(NCCC)C1CCC(F)(F)CC1. The molecule has 1 nitrogen and oxygen atoms in total. The monoisotopic (exact) mass is 259 g/mol. The van der Waals surface area contributed by atoms with Gasteiger partial charge in [-0.25, -0.2) is 8.78 Å². The number of rotatable bonds is 8. The van der Waals surface area contributed by atoms with E-state index in [0.717, 1.165) is 32.2 Å². The van der Waals surface area contributed by atoms with Crippen LogP contribution in [0.25, 0.3) is 0 Å². The highest BCUT2D eigenvalue weighted by atomic mass is 19.3. The predicted molar refractivity (Wildman–Crippen MR) is 73.0 cm³/mol. The van der Waals surface area contributed by atoms with Crippen molar-refractivity contribution in [3.8, 4) is 0 Å². The summed E-state index contributed by atoms with van der Waals surface area (Å²) in [5.41, 5.74) is 0. The summed E-state index contributed by atoms with van der Waals surface area (Å²) in [6, 6.07) is 0.418. The van der Waals surface area contributed by atoms with Crippen molar-refractivity contribution in [1.29, 1.82) is 0 Å². The molecule has 1 rings (SSSR count). The lowest BCUT2D eigenvalue weighted by Crippen LogP contribution is -2.40. The Morgan fingerprint density at radius 3 is 2.61 bits per heavy atom. The maximum Gasteiger partial charge on any atom is 0.248 e. The first-order chi connectivity index (χ1) is 8.59. The van der Waals surface area contributed by atoms with E-state index in [1.165, 1.54) is 0 Å². The van der Waals surface area contributed by atoms with Crippen molar-refractivity contribution in [2.24, 2.45) is 5.92 Å². The van der Waals surface area contributed by atoms with E-state index in [1.807, 2.05) is 6.08 Å². The van der Waals surface area contributed by atoms with Gasteiger partial charge < -0.3 is 5.32 Å². The molecule has 1 aliphatic carbocycles. The second-order valence-electron chi connectivity index (χ2n) is 5.47. The van der Waals surface area contributed by atoms with Crippen LogP contribution in [0.3, 0.4) is 0 Å². The van der Waals surface area contributed by atoms with Crippen LogP contribution in [0.5, 0.6) is 0 Å². The topological polar surface area (TPSA) is 12.0 Å². The predicted octanol–water partition coefficient (Wildman–Crippen LogP) is 4.54. The minimum absolute atomic E-state index is 0.0728. The average molecular weight is 259 g/mol. The van der Waals surface area contributed by atoms with Gasteiger partial charge in [0.05, 0.1) is 0 Å². The van der Waals surface area contributed by atoms with Crippen LogP contribution in [0.1, 0.15) is 58.3 Å². The molecule has 1 N–H and O–H groups in total. The van der Waals surface area contributed by atoms with E-state index in [9.17, 15) is 8.78 Å². The zero-order valence-corrected chi connectivity index (χ0v) is 11.6. The van der Waals surface area contributed by atoms with Gasteiger partial charge in [-0.2, -0.15) is 0 Å². The highest BCUT2D eigenvalue weighted by molar-refractivity contribution is 4.85. The van der Waals surface area contributed by atoms with Crippen molar-refractivity contribution < 1.29 is 8.78 Å². The van der Waals surface area contributed by atoms with Gasteiger partial charge >= 0.3 is 0 Å². The Morgan fingerprint density at radius 1 is 1.39 bits per heavy atom. The van der Waals surface area contributed by atoms with Crippen LogP contribution in [0, 0.1) is 5.92 Å². The zero-order chi connectivity index (χ0) is 13.4. The standard InChI is InChI=1S/C15H27F2N/c1-3-5-6-7-14(18-12-4-2)13-8-10-15(16,17)11-9-13/h3,13-14,18H,1,4-12H2,2H3. The molecule has 0 aromatic heterocycles. The first kappa shape index (κ1) is 15.6. The largest absolute Gasteiger partial charge is 0.314 e. The third-order valence-electron chi connectivity index (χ3n) is 3.91. The summed E-state index contributed by atoms with van der Waals surface area (Å²) < 4.78 is 26.3. The number of hydrogen-bond acceptors (Lipinski definition) is 1. The minimum atomic E-state index is -2.41. The molecule has 0 bridgehead atoms. The molecule has 0 heterocycles. The van der Waals surface area contributed by atoms with Crippen molar-refractivity contribution >= 4 is 0 Å². The van der Waals surface area contributed by atoms with E-state index in [0.29, 0.717) is 24.8 Å². The summed E-state index contributed by atoms with van der Waals surface area (Å²) in [6.07, 6.45) is 7.73. The Morgan fingerprint density at radius 2 is 2.06 bits per heavy atom. The van der Waals surface area contributed by atoms with Gasteiger partial charge in [0.15, 0.2) is 0 Å². The average Bonchev–Trinajstić information content (AvgIpc) is 2.34. The van der Waals surface area contributed by atoms with E-state index < -0.39 is 5.92 Å². The van der Waals surface area contributed by atoms with E-state index in [2.05, 4.69) is 18.8 Å². The van der Waals surface area contributed by atoms with Crippen molar-refractivity contribution in [2.45, 2.75) is 70.3 Å². The summed E-state index contributed by atoms with van der Waals surface area (Å²) in [7, 11) is 0. The minimum Gasteiger partial charge on any atom is -0.314 e. The lowest BCUT2D eigenvalue weighted by atomic mass is 9.80. The van der Waals surface area contributed by atoms with E-state index in [1.54, 1.807) is 0 Å². The van der Waals surface area contributed by atoms with Gasteiger partial charge in [-0.3, -0.25) is 0 Å². The molecule has 0 aliphatic heterocycles. The van der Waals surface area contributed by atoms with Gasteiger partial charge in [0.25, 0.3) is 0 Å². The van der Waals surface area contributed by atoms with Gasteiger partial charge in [0, 0.05) is 18.9 Å². The first-order valence-corrected chi connectivity index (χ1v) is 7.31. The number of unbranched alkanes of at least 4 members (excludes halogenated alkanes) is 1. The summed E-state index contributed by atoms with van der Waals surface area (Å²) in [6.45, 7) is 6.87. The Labute approximate surface area is 110 Å². The van der Waals surface area contributed by atoms with Gasteiger partial charge in [-0.1, -0.05) is 13.0 Å². The van der Waals surface area contributed by atoms with Gasteiger partial charge in [-0.05, 0) is 51.0 Å². The molecular weight excluding hydrogens is 232 g/mol. The highest BCUT2D eigenvalue weighted by Gasteiger charge is 2.37. The van der Waals surface area contributed by atoms with Crippen molar-refractivity contribution in [3.63, 3.8) is 0 Å². The first-order valence-electron chi connectivity index (χ1n) is 7.31. The van der Waals surface area contributed by atoms with Gasteiger partial charge in [0.1, 0.15) is 0 Å². The van der Waals surface area contributed by atoms with Crippen LogP contribution in [0.2, 0.25) is 0 Å². The smallest absolute Gasteiger partial charge is 0.248 e. The van der Waals surface area contributed by atoms with E-state index >= 15 is 0 Å². The number of allylic oxidation sites excluding steroid dienone is 1. The molecule has 0 spiro atoms. The van der Waals surface area contributed by atoms with Crippen LogP contribution in [0.4, 0.5) is 8.78 Å². The molecule has 1 saturated carbocycles. The fraction of sp³-hybridized carbons (Fsp3) is 0.867. The lowest BCUT2D eigenvalue weighted by molar-refractivity contribution is -0.0499. The van der Waals surface area contributed by atoms with Crippen LogP contribution in [-0.4, -0.2) is 18.5 Å². The third kappa shape index (κ3) is 5.47. The number of alkyl halides is 2. The molecule has 106 valence electrons. The molecule has 0 amide bonds. The van der Waals surface area contributed by atoms with Crippen LogP contribution in [0.15, 0.2) is 12.7 Å². The maximum atomic E-state index is 13.2. The van der Waals surface area contributed by atoms with Gasteiger partial charge in [-0.15, -0.1) is 6.58 Å². The Bertz CT molecular complexity index is 231. The molecule has 1 aliphatic rings. The van der Waals surface area contributed by atoms with Crippen LogP contribution < -0.4 is 5.32 Å². The molecule has 0 aromatic carbocycles. The summed E-state index contributed by atoms with van der Waals surface area (Å²) >= 11 is 0. The van der Waals surface area contributed by atoms with Crippen LogP contribution in [-0.2, 0) is 0 Å². The Balaban J connectivity index is 2.40. The van der Waals surface area contributed by atoms with Crippen molar-refractivity contribution in [2.75, 3.05) is 6.54 Å². The third-order valence-corrected chi connectivity index (χ3v) is 3.91. The normalized spacial score (nSPS) is 21.7. The van der Waals surface area contributed by atoms with Crippen molar-refractivity contribution in [3.05, 3.63) is 12.7 Å². The molecule has 1 fully saturated rings. The number of hydrogen-bond donors (Lipinski definition) is 1. The molecule has 3 heteroatoms. The molecule has 18 heavy (non-hydrogen) atoms. The number of nitrogens with one attached hydrogen (secondary N) is 1. The van der Waals surface area contributed by atoms with E-state index in [4.69, 9.17) is 0 Å². The van der Waals surface area contributed by atoms with E-state index in [-0.39, 0.29) is 12.8 Å². The zero-order valence-electron chi connectivity index (χ0n) is 11.6. The molecule has 0 aromatic rings. The fourth-order valence-corrected chi connectivity index (χ4v) is 2.78. The highest BCUT2D eigenvalue weighted by Crippen LogP contribution is 2.38. The maximum absolute atomic E-state index is 13.2. The molecule has 0 radical (unpaired) electrons. The molecular formula is C15H27F2N. The van der Waals surface area contributed by atoms with Crippen LogP contribution >= 0.6 is 0 Å². The molecule has 1 atom stereocenters. The lowest BCUT2D eigenvalue weighted by Gasteiger charge is -2.34. The molecule has 0 saturated heterocycles. The Kier molecular flexibility index (Phi) is 6.83. The van der Waals surface area contributed by atoms with Gasteiger partial charge in [0.2, 0.25) is 5.92 Å².